The van der Waals surface area contributed by atoms with Gasteiger partial charge in [-0.3, -0.25) is 0 Å². The Morgan fingerprint density at radius 2 is 1.86 bits per heavy atom. The Bertz CT molecular complexity index is 698. The van der Waals surface area contributed by atoms with Crippen molar-refractivity contribution in [1.29, 1.82) is 0 Å². The van der Waals surface area contributed by atoms with Gasteiger partial charge in [0.25, 0.3) is 0 Å². The maximum Gasteiger partial charge on any atom is 0.117 e. The summed E-state index contributed by atoms with van der Waals surface area (Å²) >= 11 is 1.64. The molecule has 0 amide bonds. The van der Waals surface area contributed by atoms with Gasteiger partial charge in [-0.15, -0.1) is 16.4 Å². The minimum Gasteiger partial charge on any atom is -0.247 e. The van der Waals surface area contributed by atoms with Crippen LogP contribution in [0.1, 0.15) is 43.3 Å². The fourth-order valence-corrected chi connectivity index (χ4v) is 2.88. The van der Waals surface area contributed by atoms with Gasteiger partial charge in [-0.1, -0.05) is 43.3 Å². The van der Waals surface area contributed by atoms with Crippen molar-refractivity contribution in [2.45, 2.75) is 32.7 Å². The van der Waals surface area contributed by atoms with E-state index < -0.39 is 0 Å². The summed E-state index contributed by atoms with van der Waals surface area (Å²) < 4.78 is 1.87. The lowest BCUT2D eigenvalue weighted by Gasteiger charge is -2.07. The molecule has 1 unspecified atom stereocenters. The third-order valence-corrected chi connectivity index (χ3v) is 4.53. The van der Waals surface area contributed by atoms with E-state index in [0.717, 1.165) is 16.3 Å². The third kappa shape index (κ3) is 2.88. The Morgan fingerprint density at radius 1 is 1.10 bits per heavy atom. The Balaban J connectivity index is 1.84. The van der Waals surface area contributed by atoms with Gasteiger partial charge in [0.15, 0.2) is 0 Å². The second-order valence-electron chi connectivity index (χ2n) is 5.41. The molecule has 0 aliphatic carbocycles. The molecule has 1 aromatic carbocycles. The molecule has 4 nitrogen and oxygen atoms in total. The Hall–Kier alpha value is -2.01. The van der Waals surface area contributed by atoms with Crippen molar-refractivity contribution >= 4 is 11.3 Å². The van der Waals surface area contributed by atoms with E-state index in [4.69, 9.17) is 0 Å². The van der Waals surface area contributed by atoms with Crippen molar-refractivity contribution in [3.63, 3.8) is 0 Å². The first kappa shape index (κ1) is 13.9. The smallest absolute Gasteiger partial charge is 0.117 e. The standard InChI is InChI=1S/C16H18N4S/c1-11(2)13-4-6-14(7-5-13)15-10-20(19-18-15)12(3)16-17-8-9-21-16/h4-12H,1-3H3. The second-order valence-corrected chi connectivity index (χ2v) is 6.33. The number of hydrogen-bond acceptors (Lipinski definition) is 4. The van der Waals surface area contributed by atoms with E-state index in [0.29, 0.717) is 5.92 Å². The molecule has 108 valence electrons. The summed E-state index contributed by atoms with van der Waals surface area (Å²) in [4.78, 5) is 4.34. The van der Waals surface area contributed by atoms with E-state index in [9.17, 15) is 0 Å². The summed E-state index contributed by atoms with van der Waals surface area (Å²) in [6.45, 7) is 6.47. The molecule has 0 fully saturated rings. The molecular weight excluding hydrogens is 280 g/mol. The molecule has 0 radical (unpaired) electrons. The second kappa shape index (κ2) is 5.77. The van der Waals surface area contributed by atoms with Crippen LogP contribution >= 0.6 is 11.3 Å². The lowest BCUT2D eigenvalue weighted by atomic mass is 10.0. The fraction of sp³-hybridized carbons (Fsp3) is 0.312. The molecule has 0 spiro atoms. The zero-order chi connectivity index (χ0) is 14.8. The quantitative estimate of drug-likeness (QED) is 0.727. The van der Waals surface area contributed by atoms with Crippen LogP contribution in [-0.4, -0.2) is 20.0 Å². The summed E-state index contributed by atoms with van der Waals surface area (Å²) in [7, 11) is 0. The molecule has 5 heteroatoms. The summed E-state index contributed by atoms with van der Waals surface area (Å²) in [5.41, 5.74) is 3.33. The predicted molar refractivity (Wildman–Crippen MR) is 85.5 cm³/mol. The van der Waals surface area contributed by atoms with Gasteiger partial charge in [-0.25, -0.2) is 9.67 Å². The number of benzene rings is 1. The lowest BCUT2D eigenvalue weighted by molar-refractivity contribution is 0.541. The van der Waals surface area contributed by atoms with Gasteiger partial charge in [-0.2, -0.15) is 0 Å². The van der Waals surface area contributed by atoms with E-state index in [1.54, 1.807) is 11.3 Å². The van der Waals surface area contributed by atoms with Gasteiger partial charge in [0.1, 0.15) is 16.7 Å². The van der Waals surface area contributed by atoms with E-state index in [-0.39, 0.29) is 6.04 Å². The molecule has 3 aromatic rings. The summed E-state index contributed by atoms with van der Waals surface area (Å²) in [6, 6.07) is 8.64. The van der Waals surface area contributed by atoms with E-state index in [1.807, 2.05) is 22.5 Å². The molecule has 2 heterocycles. The monoisotopic (exact) mass is 298 g/mol. The fourth-order valence-electron chi connectivity index (χ4n) is 2.19. The molecule has 2 aromatic heterocycles. The summed E-state index contributed by atoms with van der Waals surface area (Å²) in [6.07, 6.45) is 3.80. The molecule has 0 aliphatic rings. The number of aromatic nitrogens is 4. The normalized spacial score (nSPS) is 12.8. The lowest BCUT2D eigenvalue weighted by Crippen LogP contribution is -2.06. The van der Waals surface area contributed by atoms with Crippen LogP contribution in [0, 0.1) is 0 Å². The molecule has 0 saturated carbocycles. The average molecular weight is 298 g/mol. The van der Waals surface area contributed by atoms with Gasteiger partial charge < -0.3 is 0 Å². The van der Waals surface area contributed by atoms with Gasteiger partial charge in [0.05, 0.1) is 6.20 Å². The van der Waals surface area contributed by atoms with Crippen molar-refractivity contribution < 1.29 is 0 Å². The highest BCUT2D eigenvalue weighted by molar-refractivity contribution is 7.09. The zero-order valence-electron chi connectivity index (χ0n) is 12.4. The Morgan fingerprint density at radius 3 is 2.48 bits per heavy atom. The van der Waals surface area contributed by atoms with Crippen LogP contribution in [0.25, 0.3) is 11.3 Å². The zero-order valence-corrected chi connectivity index (χ0v) is 13.2. The van der Waals surface area contributed by atoms with Crippen molar-refractivity contribution in [3.05, 3.63) is 52.6 Å². The van der Waals surface area contributed by atoms with Crippen LogP contribution in [0.2, 0.25) is 0 Å². The van der Waals surface area contributed by atoms with E-state index >= 15 is 0 Å². The molecule has 0 saturated heterocycles. The summed E-state index contributed by atoms with van der Waals surface area (Å²) in [5, 5.41) is 11.5. The maximum absolute atomic E-state index is 4.34. The highest BCUT2D eigenvalue weighted by Crippen LogP contribution is 2.23. The number of hydrogen-bond donors (Lipinski definition) is 0. The van der Waals surface area contributed by atoms with Gasteiger partial charge in [-0.05, 0) is 18.4 Å². The number of thiazole rings is 1. The van der Waals surface area contributed by atoms with Crippen LogP contribution in [-0.2, 0) is 0 Å². The van der Waals surface area contributed by atoms with Crippen molar-refractivity contribution in [2.75, 3.05) is 0 Å². The van der Waals surface area contributed by atoms with E-state index in [1.165, 1.54) is 5.56 Å². The number of nitrogens with zero attached hydrogens (tertiary/aromatic N) is 4. The van der Waals surface area contributed by atoms with Crippen LogP contribution in [0.5, 0.6) is 0 Å². The Labute approximate surface area is 128 Å². The maximum atomic E-state index is 4.34. The average Bonchev–Trinajstić information content (AvgIpc) is 3.18. The molecular formula is C16H18N4S. The van der Waals surface area contributed by atoms with Crippen LogP contribution in [0.15, 0.2) is 42.0 Å². The Kier molecular flexibility index (Phi) is 3.84. The largest absolute Gasteiger partial charge is 0.247 e. The molecule has 0 N–H and O–H groups in total. The minimum atomic E-state index is 0.112. The molecule has 1 atom stereocenters. The van der Waals surface area contributed by atoms with Crippen LogP contribution < -0.4 is 0 Å². The molecule has 0 bridgehead atoms. The van der Waals surface area contributed by atoms with Crippen molar-refractivity contribution in [2.24, 2.45) is 0 Å². The van der Waals surface area contributed by atoms with Crippen molar-refractivity contribution in [3.8, 4) is 11.3 Å². The van der Waals surface area contributed by atoms with Crippen LogP contribution in [0.3, 0.4) is 0 Å². The SMILES string of the molecule is CC(C)c1ccc(-c2cn(C(C)c3nccs3)nn2)cc1. The topological polar surface area (TPSA) is 43.6 Å². The molecule has 0 aliphatic heterocycles. The molecule has 21 heavy (non-hydrogen) atoms. The van der Waals surface area contributed by atoms with Crippen molar-refractivity contribution in [1.82, 2.24) is 20.0 Å². The molecule has 3 rings (SSSR count). The van der Waals surface area contributed by atoms with E-state index in [2.05, 4.69) is 60.3 Å². The van der Waals surface area contributed by atoms with Gasteiger partial charge >= 0.3 is 0 Å². The highest BCUT2D eigenvalue weighted by atomic mass is 32.1. The van der Waals surface area contributed by atoms with Gasteiger partial charge in [0.2, 0.25) is 0 Å². The third-order valence-electron chi connectivity index (χ3n) is 3.59. The summed E-state index contributed by atoms with van der Waals surface area (Å²) in [5.74, 6) is 0.541. The first-order valence-electron chi connectivity index (χ1n) is 7.06. The van der Waals surface area contributed by atoms with Gasteiger partial charge in [0, 0.05) is 17.1 Å². The first-order valence-corrected chi connectivity index (χ1v) is 7.94. The minimum absolute atomic E-state index is 0.112. The first-order chi connectivity index (χ1) is 10.1. The van der Waals surface area contributed by atoms with Crippen LogP contribution in [0.4, 0.5) is 0 Å². The predicted octanol–water partition coefficient (Wildman–Crippen LogP) is 4.13. The number of rotatable bonds is 4. The highest BCUT2D eigenvalue weighted by Gasteiger charge is 2.13.